The number of aromatic nitrogens is 4. The van der Waals surface area contributed by atoms with Crippen molar-refractivity contribution in [2.45, 2.75) is 6.54 Å². The van der Waals surface area contributed by atoms with Crippen LogP contribution in [-0.4, -0.2) is 19.9 Å². The molecule has 2 rings (SSSR count). The van der Waals surface area contributed by atoms with Crippen LogP contribution in [-0.2, 0) is 6.54 Å². The van der Waals surface area contributed by atoms with E-state index in [2.05, 4.69) is 25.3 Å². The molecule has 3 N–H and O–H groups in total. The van der Waals surface area contributed by atoms with Crippen molar-refractivity contribution in [1.82, 2.24) is 19.9 Å². The van der Waals surface area contributed by atoms with Crippen LogP contribution in [0.3, 0.4) is 0 Å². The monoisotopic (exact) mass is 202 g/mol. The minimum Gasteiger partial charge on any atom is -0.382 e. The highest BCUT2D eigenvalue weighted by atomic mass is 15.0. The van der Waals surface area contributed by atoms with Crippen LogP contribution in [0.25, 0.3) is 0 Å². The molecule has 76 valence electrons. The van der Waals surface area contributed by atoms with E-state index in [0.717, 1.165) is 5.69 Å². The van der Waals surface area contributed by atoms with Crippen molar-refractivity contribution in [3.05, 3.63) is 36.7 Å². The summed E-state index contributed by atoms with van der Waals surface area (Å²) in [4.78, 5) is 15.9. The Labute approximate surface area is 86.6 Å². The Morgan fingerprint density at radius 2 is 2.13 bits per heavy atom. The van der Waals surface area contributed by atoms with Crippen LogP contribution in [0.4, 0.5) is 11.6 Å². The molecule has 2 heterocycles. The quantitative estimate of drug-likeness (QED) is 0.751. The predicted molar refractivity (Wildman–Crippen MR) is 55.8 cm³/mol. The Bertz CT molecular complexity index is 412. The van der Waals surface area contributed by atoms with Gasteiger partial charge in [-0.15, -0.1) is 0 Å². The molecule has 2 aromatic heterocycles. The molecule has 0 aromatic carbocycles. The third-order valence-electron chi connectivity index (χ3n) is 1.77. The van der Waals surface area contributed by atoms with E-state index in [-0.39, 0.29) is 0 Å². The number of nitrogens with zero attached hydrogens (tertiary/aromatic N) is 4. The zero-order chi connectivity index (χ0) is 10.5. The van der Waals surface area contributed by atoms with E-state index >= 15 is 0 Å². The number of hydrogen-bond acceptors (Lipinski definition) is 6. The van der Waals surface area contributed by atoms with Crippen LogP contribution in [0.15, 0.2) is 31.0 Å². The molecule has 0 bridgehead atoms. The van der Waals surface area contributed by atoms with Gasteiger partial charge >= 0.3 is 0 Å². The molecule has 6 nitrogen and oxygen atoms in total. The van der Waals surface area contributed by atoms with E-state index in [4.69, 9.17) is 5.73 Å². The van der Waals surface area contributed by atoms with Crippen molar-refractivity contribution < 1.29 is 0 Å². The van der Waals surface area contributed by atoms with E-state index in [1.807, 2.05) is 6.07 Å². The smallest absolute Gasteiger partial charge is 0.144 e. The molecule has 6 heteroatoms. The van der Waals surface area contributed by atoms with Gasteiger partial charge in [0.1, 0.15) is 18.0 Å². The molecule has 0 aliphatic carbocycles. The second kappa shape index (κ2) is 4.32. The highest BCUT2D eigenvalue weighted by Crippen LogP contribution is 2.03. The molecule has 2 aromatic rings. The minimum atomic E-state index is 0.405. The zero-order valence-electron chi connectivity index (χ0n) is 7.96. The Morgan fingerprint density at radius 3 is 2.80 bits per heavy atom. The number of hydrogen-bond donors (Lipinski definition) is 2. The molecular weight excluding hydrogens is 192 g/mol. The lowest BCUT2D eigenvalue weighted by Gasteiger charge is -2.03. The molecule has 0 aliphatic heterocycles. The minimum absolute atomic E-state index is 0.405. The molecule has 0 fully saturated rings. The van der Waals surface area contributed by atoms with Crippen LogP contribution in [0.1, 0.15) is 5.69 Å². The normalized spacial score (nSPS) is 9.87. The highest BCUT2D eigenvalue weighted by molar-refractivity contribution is 5.36. The van der Waals surface area contributed by atoms with Crippen molar-refractivity contribution >= 4 is 11.6 Å². The van der Waals surface area contributed by atoms with Crippen molar-refractivity contribution in [3.63, 3.8) is 0 Å². The van der Waals surface area contributed by atoms with Crippen LogP contribution >= 0.6 is 0 Å². The van der Waals surface area contributed by atoms with Crippen LogP contribution in [0.2, 0.25) is 0 Å². The molecule has 0 amide bonds. The molecule has 0 atom stereocenters. The molecule has 0 unspecified atom stereocenters. The summed E-state index contributed by atoms with van der Waals surface area (Å²) in [5.74, 6) is 1.07. The number of nitrogen functional groups attached to an aromatic ring is 1. The first-order valence-corrected chi connectivity index (χ1v) is 4.41. The van der Waals surface area contributed by atoms with E-state index in [1.165, 1.54) is 12.5 Å². The molecule has 0 saturated heterocycles. The summed E-state index contributed by atoms with van der Waals surface area (Å²) in [5, 5.41) is 3.07. The van der Waals surface area contributed by atoms with Gasteiger partial charge in [-0.05, 0) is 6.07 Å². The molecule has 0 radical (unpaired) electrons. The summed E-state index contributed by atoms with van der Waals surface area (Å²) in [6.45, 7) is 0.584. The van der Waals surface area contributed by atoms with Gasteiger partial charge in [0.15, 0.2) is 0 Å². The maximum Gasteiger partial charge on any atom is 0.144 e. The molecule has 0 saturated carbocycles. The van der Waals surface area contributed by atoms with Gasteiger partial charge in [0, 0.05) is 6.20 Å². The van der Waals surface area contributed by atoms with Gasteiger partial charge in [-0.1, -0.05) is 0 Å². The fourth-order valence-corrected chi connectivity index (χ4v) is 1.03. The Hall–Kier alpha value is -2.24. The first-order valence-electron chi connectivity index (χ1n) is 4.41. The number of nitrogens with two attached hydrogens (primary N) is 1. The van der Waals surface area contributed by atoms with Crippen molar-refractivity contribution in [2.75, 3.05) is 11.1 Å². The van der Waals surface area contributed by atoms with Crippen LogP contribution in [0, 0.1) is 0 Å². The molecular formula is C9H10N6. The van der Waals surface area contributed by atoms with Gasteiger partial charge < -0.3 is 11.1 Å². The lowest BCUT2D eigenvalue weighted by molar-refractivity contribution is 0.992. The van der Waals surface area contributed by atoms with Crippen molar-refractivity contribution in [3.8, 4) is 0 Å². The Balaban J connectivity index is 1.96. The van der Waals surface area contributed by atoms with Gasteiger partial charge in [-0.25, -0.2) is 19.9 Å². The Kier molecular flexibility index (Phi) is 2.68. The lowest BCUT2D eigenvalue weighted by Crippen LogP contribution is -2.04. The van der Waals surface area contributed by atoms with E-state index in [1.54, 1.807) is 12.4 Å². The van der Waals surface area contributed by atoms with E-state index in [0.29, 0.717) is 18.2 Å². The summed E-state index contributed by atoms with van der Waals surface area (Å²) >= 11 is 0. The number of nitrogens with one attached hydrogen (secondary N) is 1. The summed E-state index contributed by atoms with van der Waals surface area (Å²) < 4.78 is 0. The first kappa shape index (κ1) is 9.32. The zero-order valence-corrected chi connectivity index (χ0v) is 7.96. The van der Waals surface area contributed by atoms with E-state index < -0.39 is 0 Å². The van der Waals surface area contributed by atoms with Crippen LogP contribution in [0.5, 0.6) is 0 Å². The summed E-state index contributed by atoms with van der Waals surface area (Å²) in [6.07, 6.45) is 6.28. The Morgan fingerprint density at radius 1 is 1.20 bits per heavy atom. The SMILES string of the molecule is Nc1cnc(NCc2ccncn2)cn1. The average Bonchev–Trinajstić information content (AvgIpc) is 2.30. The highest BCUT2D eigenvalue weighted by Gasteiger charge is 1.95. The largest absolute Gasteiger partial charge is 0.382 e. The topological polar surface area (TPSA) is 89.6 Å². The van der Waals surface area contributed by atoms with Crippen molar-refractivity contribution in [1.29, 1.82) is 0 Å². The number of rotatable bonds is 3. The van der Waals surface area contributed by atoms with Gasteiger partial charge in [0.25, 0.3) is 0 Å². The van der Waals surface area contributed by atoms with Gasteiger partial charge in [0.05, 0.1) is 24.6 Å². The molecule has 0 aliphatic rings. The maximum atomic E-state index is 5.41. The lowest BCUT2D eigenvalue weighted by atomic mass is 10.4. The molecule has 0 spiro atoms. The maximum absolute atomic E-state index is 5.41. The summed E-state index contributed by atoms with van der Waals surface area (Å²) in [7, 11) is 0. The average molecular weight is 202 g/mol. The third kappa shape index (κ3) is 2.60. The van der Waals surface area contributed by atoms with E-state index in [9.17, 15) is 0 Å². The summed E-state index contributed by atoms with van der Waals surface area (Å²) in [6, 6.07) is 1.83. The standard InChI is InChI=1S/C9H10N6/c10-8-4-14-9(5-12-8)13-3-7-1-2-11-6-15-7/h1-2,4-6H,3H2,(H2,10,12)(H,13,14). The predicted octanol–water partition coefficient (Wildman–Crippen LogP) is 0.461. The number of anilines is 2. The second-order valence-electron chi connectivity index (χ2n) is 2.88. The fourth-order valence-electron chi connectivity index (χ4n) is 1.03. The van der Waals surface area contributed by atoms with Gasteiger partial charge in [-0.3, -0.25) is 0 Å². The summed E-state index contributed by atoms with van der Waals surface area (Å²) in [5.41, 5.74) is 6.30. The van der Waals surface area contributed by atoms with Crippen molar-refractivity contribution in [2.24, 2.45) is 0 Å². The van der Waals surface area contributed by atoms with Gasteiger partial charge in [-0.2, -0.15) is 0 Å². The fraction of sp³-hybridized carbons (Fsp3) is 0.111. The van der Waals surface area contributed by atoms with Crippen LogP contribution < -0.4 is 11.1 Å². The van der Waals surface area contributed by atoms with Gasteiger partial charge in [0.2, 0.25) is 0 Å². The molecule has 15 heavy (non-hydrogen) atoms. The third-order valence-corrected chi connectivity index (χ3v) is 1.77. The second-order valence-corrected chi connectivity index (χ2v) is 2.88. The first-order chi connectivity index (χ1) is 7.34.